The fraction of sp³-hybridized carbons (Fsp3) is 1.00. The zero-order chi connectivity index (χ0) is 8.81. The third-order valence-corrected chi connectivity index (χ3v) is 2.48. The van der Waals surface area contributed by atoms with Crippen molar-refractivity contribution >= 4 is 0 Å². The van der Waals surface area contributed by atoms with Gasteiger partial charge in [-0.2, -0.15) is 0 Å². The van der Waals surface area contributed by atoms with E-state index in [1.165, 1.54) is 25.9 Å². The van der Waals surface area contributed by atoms with Crippen LogP contribution in [0.5, 0.6) is 0 Å². The first-order chi connectivity index (χ1) is 5.83. The summed E-state index contributed by atoms with van der Waals surface area (Å²) in [7, 11) is 0. The standard InChI is InChI=1S/C9H20N2O/c1-9-4-2-5-11(8-9)6-3-7-12-10/h9H,2-8,10H2,1H3. The normalized spacial score (nSPS) is 26.0. The lowest BCUT2D eigenvalue weighted by atomic mass is 10.0. The first-order valence-corrected chi connectivity index (χ1v) is 4.87. The van der Waals surface area contributed by atoms with E-state index in [2.05, 4.69) is 16.7 Å². The minimum absolute atomic E-state index is 0.685. The van der Waals surface area contributed by atoms with Gasteiger partial charge in [-0.3, -0.25) is 0 Å². The van der Waals surface area contributed by atoms with Gasteiger partial charge in [-0.1, -0.05) is 6.92 Å². The van der Waals surface area contributed by atoms with Crippen molar-refractivity contribution in [3.63, 3.8) is 0 Å². The van der Waals surface area contributed by atoms with Gasteiger partial charge in [0.05, 0.1) is 6.61 Å². The third-order valence-electron chi connectivity index (χ3n) is 2.48. The first-order valence-electron chi connectivity index (χ1n) is 4.87. The van der Waals surface area contributed by atoms with E-state index in [0.29, 0.717) is 6.61 Å². The summed E-state index contributed by atoms with van der Waals surface area (Å²) in [6.07, 6.45) is 3.80. The lowest BCUT2D eigenvalue weighted by Crippen LogP contribution is -2.35. The molecule has 0 amide bonds. The number of hydrogen-bond donors (Lipinski definition) is 1. The van der Waals surface area contributed by atoms with Gasteiger partial charge in [-0.15, -0.1) is 0 Å². The summed E-state index contributed by atoms with van der Waals surface area (Å²) in [6, 6.07) is 0. The van der Waals surface area contributed by atoms with Gasteiger partial charge in [0.15, 0.2) is 0 Å². The van der Waals surface area contributed by atoms with Crippen molar-refractivity contribution in [3.05, 3.63) is 0 Å². The summed E-state index contributed by atoms with van der Waals surface area (Å²) in [4.78, 5) is 7.04. The summed E-state index contributed by atoms with van der Waals surface area (Å²) in [6.45, 7) is 6.66. The topological polar surface area (TPSA) is 38.5 Å². The molecule has 3 nitrogen and oxygen atoms in total. The van der Waals surface area contributed by atoms with Gasteiger partial charge in [0.1, 0.15) is 0 Å². The van der Waals surface area contributed by atoms with E-state index in [1.807, 2.05) is 0 Å². The minimum atomic E-state index is 0.685. The van der Waals surface area contributed by atoms with Crippen LogP contribution in [-0.2, 0) is 4.84 Å². The molecule has 0 aromatic rings. The zero-order valence-corrected chi connectivity index (χ0v) is 7.96. The van der Waals surface area contributed by atoms with Crippen LogP contribution in [0.3, 0.4) is 0 Å². The maximum absolute atomic E-state index is 4.95. The van der Waals surface area contributed by atoms with Crippen molar-refractivity contribution < 1.29 is 4.84 Å². The van der Waals surface area contributed by atoms with Crippen LogP contribution in [-0.4, -0.2) is 31.1 Å². The summed E-state index contributed by atoms with van der Waals surface area (Å²) < 4.78 is 0. The van der Waals surface area contributed by atoms with E-state index in [0.717, 1.165) is 18.9 Å². The number of nitrogens with two attached hydrogens (primary N) is 1. The molecular formula is C9H20N2O. The van der Waals surface area contributed by atoms with E-state index < -0.39 is 0 Å². The Labute approximate surface area is 74.8 Å². The Balaban J connectivity index is 2.06. The van der Waals surface area contributed by atoms with Crippen LogP contribution in [0.4, 0.5) is 0 Å². The van der Waals surface area contributed by atoms with E-state index in [9.17, 15) is 0 Å². The molecule has 3 heteroatoms. The summed E-state index contributed by atoms with van der Waals surface area (Å²) in [5, 5.41) is 0. The smallest absolute Gasteiger partial charge is 0.0691 e. The Hall–Kier alpha value is -0.120. The SMILES string of the molecule is CC1CCCN(CCCON)C1. The Bertz CT molecular complexity index is 119. The number of likely N-dealkylation sites (tertiary alicyclic amines) is 1. The maximum atomic E-state index is 4.95. The monoisotopic (exact) mass is 172 g/mol. The molecule has 0 bridgehead atoms. The molecule has 1 heterocycles. The molecule has 0 radical (unpaired) electrons. The molecule has 1 unspecified atom stereocenters. The number of nitrogens with zero attached hydrogens (tertiary/aromatic N) is 1. The average molecular weight is 172 g/mol. The van der Waals surface area contributed by atoms with Crippen molar-refractivity contribution in [3.8, 4) is 0 Å². The molecule has 1 atom stereocenters. The number of piperidine rings is 1. The molecule has 0 aliphatic carbocycles. The highest BCUT2D eigenvalue weighted by Crippen LogP contribution is 2.15. The Morgan fingerprint density at radius 2 is 2.42 bits per heavy atom. The molecule has 1 aliphatic heterocycles. The lowest BCUT2D eigenvalue weighted by molar-refractivity contribution is 0.113. The molecule has 0 aromatic heterocycles. The van der Waals surface area contributed by atoms with Crippen LogP contribution in [0.15, 0.2) is 0 Å². The summed E-state index contributed by atoms with van der Waals surface area (Å²) in [5.74, 6) is 5.83. The maximum Gasteiger partial charge on any atom is 0.0691 e. The van der Waals surface area contributed by atoms with E-state index >= 15 is 0 Å². The van der Waals surface area contributed by atoms with Crippen LogP contribution in [0.2, 0.25) is 0 Å². The number of hydrogen-bond acceptors (Lipinski definition) is 3. The predicted octanol–water partition coefficient (Wildman–Crippen LogP) is 0.999. The van der Waals surface area contributed by atoms with Crippen LogP contribution >= 0.6 is 0 Å². The molecular weight excluding hydrogens is 152 g/mol. The second-order valence-corrected chi connectivity index (χ2v) is 3.77. The van der Waals surface area contributed by atoms with Gasteiger partial charge in [0.25, 0.3) is 0 Å². The van der Waals surface area contributed by atoms with Gasteiger partial charge < -0.3 is 9.74 Å². The van der Waals surface area contributed by atoms with Gasteiger partial charge in [0, 0.05) is 13.1 Å². The molecule has 0 spiro atoms. The third kappa shape index (κ3) is 3.52. The Morgan fingerprint density at radius 1 is 1.58 bits per heavy atom. The van der Waals surface area contributed by atoms with Crippen LogP contribution in [0.25, 0.3) is 0 Å². The van der Waals surface area contributed by atoms with Gasteiger partial charge in [0.2, 0.25) is 0 Å². The molecule has 1 aliphatic rings. The molecule has 0 saturated carbocycles. The molecule has 1 fully saturated rings. The Kier molecular flexibility index (Phi) is 4.58. The predicted molar refractivity (Wildman–Crippen MR) is 49.6 cm³/mol. The molecule has 12 heavy (non-hydrogen) atoms. The average Bonchev–Trinajstić information content (AvgIpc) is 2.05. The van der Waals surface area contributed by atoms with E-state index in [1.54, 1.807) is 0 Å². The lowest BCUT2D eigenvalue weighted by Gasteiger charge is -2.30. The highest BCUT2D eigenvalue weighted by Gasteiger charge is 2.14. The molecule has 1 rings (SSSR count). The van der Waals surface area contributed by atoms with Gasteiger partial charge in [-0.05, 0) is 31.7 Å². The van der Waals surface area contributed by atoms with E-state index in [4.69, 9.17) is 5.90 Å². The van der Waals surface area contributed by atoms with Crippen molar-refractivity contribution in [2.45, 2.75) is 26.2 Å². The molecule has 0 aromatic carbocycles. The first kappa shape index (κ1) is 9.96. The van der Waals surface area contributed by atoms with E-state index in [-0.39, 0.29) is 0 Å². The Morgan fingerprint density at radius 3 is 3.08 bits per heavy atom. The van der Waals surface area contributed by atoms with Crippen LogP contribution in [0.1, 0.15) is 26.2 Å². The highest BCUT2D eigenvalue weighted by molar-refractivity contribution is 4.69. The van der Waals surface area contributed by atoms with Crippen molar-refractivity contribution in [1.82, 2.24) is 4.90 Å². The van der Waals surface area contributed by atoms with Gasteiger partial charge in [-0.25, -0.2) is 5.90 Å². The molecule has 72 valence electrons. The fourth-order valence-electron chi connectivity index (χ4n) is 1.86. The minimum Gasteiger partial charge on any atom is -0.305 e. The van der Waals surface area contributed by atoms with Crippen molar-refractivity contribution in [1.29, 1.82) is 0 Å². The van der Waals surface area contributed by atoms with Crippen LogP contribution in [0, 0.1) is 5.92 Å². The summed E-state index contributed by atoms with van der Waals surface area (Å²) in [5.41, 5.74) is 0. The van der Waals surface area contributed by atoms with Crippen molar-refractivity contribution in [2.24, 2.45) is 11.8 Å². The van der Waals surface area contributed by atoms with Crippen LogP contribution < -0.4 is 5.90 Å². The second kappa shape index (κ2) is 5.51. The fourth-order valence-corrected chi connectivity index (χ4v) is 1.86. The highest BCUT2D eigenvalue weighted by atomic mass is 16.6. The second-order valence-electron chi connectivity index (χ2n) is 3.77. The molecule has 1 saturated heterocycles. The van der Waals surface area contributed by atoms with Gasteiger partial charge >= 0.3 is 0 Å². The summed E-state index contributed by atoms with van der Waals surface area (Å²) >= 11 is 0. The molecule has 2 N–H and O–H groups in total. The quantitative estimate of drug-likeness (QED) is 0.508. The van der Waals surface area contributed by atoms with Crippen molar-refractivity contribution in [2.75, 3.05) is 26.2 Å². The zero-order valence-electron chi connectivity index (χ0n) is 7.96. The number of rotatable bonds is 4. The largest absolute Gasteiger partial charge is 0.305 e.